The van der Waals surface area contributed by atoms with Crippen LogP contribution in [-0.4, -0.2) is 0 Å². The molecule has 0 aliphatic rings. The van der Waals surface area contributed by atoms with Crippen molar-refractivity contribution in [2.45, 2.75) is 632 Å². The van der Waals surface area contributed by atoms with E-state index in [1.165, 1.54) is 64.2 Å². The van der Waals surface area contributed by atoms with E-state index in [2.05, 4.69) is 138 Å². The van der Waals surface area contributed by atoms with Gasteiger partial charge in [0.1, 0.15) is 0 Å². The lowest BCUT2D eigenvalue weighted by Crippen LogP contribution is -1.27. The second kappa shape index (κ2) is 7370. The summed E-state index contributed by atoms with van der Waals surface area (Å²) in [6.07, 6.45) is 12.5. The minimum absolute atomic E-state index is 1.25. The lowest BCUT2D eigenvalue weighted by Gasteiger charge is -1.48. The van der Waals surface area contributed by atoms with Gasteiger partial charge in [0.15, 0.2) is 0 Å². The Balaban J connectivity index is -0.00000000744. The maximum Gasteiger partial charge on any atom is -0.0590 e. The first-order chi connectivity index (χ1) is 45.1. The average molecular weight is 1370 g/mol. The van der Waals surface area contributed by atoms with Crippen molar-refractivity contribution < 1.29 is 0 Å². The smallest absolute Gasteiger partial charge is 0.0590 e. The molecule has 0 amide bonds. The van der Waals surface area contributed by atoms with Crippen molar-refractivity contribution in [3.63, 3.8) is 0 Å². The minimum Gasteiger partial charge on any atom is -0.0683 e. The van der Waals surface area contributed by atoms with Crippen LogP contribution in [0.5, 0.6) is 0 Å². The molecule has 0 bridgehead atoms. The van der Waals surface area contributed by atoms with E-state index in [0.29, 0.717) is 0 Å². The van der Waals surface area contributed by atoms with Crippen LogP contribution in [0, 0.1) is 0 Å². The first kappa shape index (κ1) is 293. The topological polar surface area (TPSA) is 0 Å². The molecule has 0 saturated carbocycles. The molecule has 0 aromatic carbocycles. The van der Waals surface area contributed by atoms with Crippen LogP contribution < -0.4 is 0 Å². The molecule has 0 aromatic rings. The van der Waals surface area contributed by atoms with Crippen molar-refractivity contribution in [3.8, 4) is 0 Å². The quantitative estimate of drug-likeness (QED) is 0.227. The summed E-state index contributed by atoms with van der Waals surface area (Å²) in [5.41, 5.74) is 0. The molecule has 634 valence electrons. The molecule has 0 nitrogen and oxygen atoms in total. The fourth-order valence-corrected chi connectivity index (χ4v) is 0. The highest BCUT2D eigenvalue weighted by atomic mass is 13.5. The molecule has 0 unspecified atom stereocenters. The Labute approximate surface area is 628 Å². The molecule has 0 radical (unpaired) electrons. The van der Waals surface area contributed by atoms with Gasteiger partial charge < -0.3 is 0 Å². The standard InChI is InChI=1S/10C3H8.31C2H6/c10*1-3-2;31*1-2/h10*3H2,1-2H3;31*1-2H3. The minimum atomic E-state index is 1.25. The van der Waals surface area contributed by atoms with Gasteiger partial charge in [-0.15, -0.1) is 0 Å². The SMILES string of the molecule is CC.CC.CC.CC.CC.CC.CC.CC.CC.CC.CC.CC.CC.CC.CC.CC.CC.CC.CC.CC.CC.CC.CC.CC.CC.CC.CC.CC.CC.CC.CC.CCC.CCC.CCC.CCC.CCC.CCC.CCC.CCC.CCC.CCC. The van der Waals surface area contributed by atoms with Crippen molar-refractivity contribution in [1.29, 1.82) is 0 Å². The van der Waals surface area contributed by atoms with E-state index in [1.807, 2.05) is 429 Å². The van der Waals surface area contributed by atoms with Crippen molar-refractivity contribution in [1.82, 2.24) is 0 Å². The predicted molar refractivity (Wildman–Crippen MR) is 511 cm³/mol. The summed E-state index contributed by atoms with van der Waals surface area (Å²) in [5, 5.41) is 0. The molecule has 92 heavy (non-hydrogen) atoms. The Morgan fingerprint density at radius 2 is 0.0543 bits per heavy atom. The highest BCUT2D eigenvalue weighted by molar-refractivity contribution is 3.95. The second-order valence-electron chi connectivity index (χ2n) is 7.07. The van der Waals surface area contributed by atoms with E-state index in [0.717, 1.165) is 0 Å². The summed E-state index contributed by atoms with van der Waals surface area (Å²) in [6.45, 7) is 166. The average Bonchev–Trinajstić information content (AvgIpc) is 3.71. The molecule has 0 N–H and O–H groups in total. The normalized spacial score (nSPS) is 3.98. The summed E-state index contributed by atoms with van der Waals surface area (Å²) in [5.74, 6) is 0. The summed E-state index contributed by atoms with van der Waals surface area (Å²) in [6, 6.07) is 0. The van der Waals surface area contributed by atoms with Crippen LogP contribution in [0.4, 0.5) is 0 Å². The van der Waals surface area contributed by atoms with Crippen LogP contribution >= 0.6 is 0 Å². The summed E-state index contributed by atoms with van der Waals surface area (Å²) in [7, 11) is 0. The molecule has 0 rings (SSSR count). The van der Waals surface area contributed by atoms with Crippen LogP contribution in [0.2, 0.25) is 0 Å². The largest absolute Gasteiger partial charge is 0.0683 e. The van der Waals surface area contributed by atoms with Gasteiger partial charge >= 0.3 is 0 Å². The van der Waals surface area contributed by atoms with Gasteiger partial charge in [-0.3, -0.25) is 0 Å². The summed E-state index contributed by atoms with van der Waals surface area (Å²) in [4.78, 5) is 0. The molecule has 0 saturated heterocycles. The molecule has 0 heteroatoms. The third kappa shape index (κ3) is 0. The summed E-state index contributed by atoms with van der Waals surface area (Å²) < 4.78 is 0. The molecule has 0 spiro atoms. The Hall–Kier alpha value is 0. The van der Waals surface area contributed by atoms with Gasteiger partial charge in [-0.1, -0.05) is 632 Å². The highest BCUT2D eigenvalue weighted by Gasteiger charge is 1.38. The van der Waals surface area contributed by atoms with Gasteiger partial charge in [0.25, 0.3) is 0 Å². The molecule has 0 aromatic heterocycles. The van der Waals surface area contributed by atoms with E-state index < -0.39 is 0 Å². The van der Waals surface area contributed by atoms with Gasteiger partial charge in [-0.25, -0.2) is 0 Å². The van der Waals surface area contributed by atoms with E-state index >= 15 is 0 Å². The number of hydrogen-bond donors (Lipinski definition) is 0. The lowest BCUT2D eigenvalue weighted by molar-refractivity contribution is 1.09. The third-order valence-electron chi connectivity index (χ3n) is 0. The maximum atomic E-state index is 2.12. The highest BCUT2D eigenvalue weighted by Crippen LogP contribution is 1.59. The lowest BCUT2D eigenvalue weighted by atomic mass is 10.6. The van der Waals surface area contributed by atoms with E-state index in [1.54, 1.807) is 0 Å². The van der Waals surface area contributed by atoms with Crippen LogP contribution in [0.3, 0.4) is 0 Å². The fraction of sp³-hybridized carbons (Fsp3) is 1.00. The zero-order valence-corrected chi connectivity index (χ0v) is 89.1. The molecule has 0 aliphatic carbocycles. The zero-order valence-electron chi connectivity index (χ0n) is 89.1. The third-order valence-corrected chi connectivity index (χ3v) is 0. The molecule has 0 aliphatic heterocycles. The van der Waals surface area contributed by atoms with Crippen LogP contribution in [-0.2, 0) is 0 Å². The van der Waals surface area contributed by atoms with Crippen LogP contribution in [0.15, 0.2) is 0 Å². The molecular formula is C92H266. The van der Waals surface area contributed by atoms with Gasteiger partial charge in [0, 0.05) is 0 Å². The molecule has 0 heterocycles. The van der Waals surface area contributed by atoms with Crippen LogP contribution in [0.1, 0.15) is 632 Å². The van der Waals surface area contributed by atoms with Crippen molar-refractivity contribution in [2.75, 3.05) is 0 Å². The maximum absolute atomic E-state index is 2.12. The van der Waals surface area contributed by atoms with Crippen molar-refractivity contribution in [3.05, 3.63) is 0 Å². The summed E-state index contributed by atoms with van der Waals surface area (Å²) >= 11 is 0. The van der Waals surface area contributed by atoms with Crippen LogP contribution in [0.25, 0.3) is 0 Å². The van der Waals surface area contributed by atoms with Crippen molar-refractivity contribution in [2.24, 2.45) is 0 Å². The van der Waals surface area contributed by atoms with Gasteiger partial charge in [-0.2, -0.15) is 0 Å². The van der Waals surface area contributed by atoms with Crippen molar-refractivity contribution >= 4 is 0 Å². The Kier molecular flexibility index (Phi) is 23500. The zero-order chi connectivity index (χ0) is 89.1. The molecule has 0 fully saturated rings. The van der Waals surface area contributed by atoms with E-state index in [-0.39, 0.29) is 0 Å². The Bertz CT molecular complexity index is 33.2. The molecular weight excluding hydrogens is 1110 g/mol. The predicted octanol–water partition coefficient (Wildman–Crippen LogP) is 46.0. The fourth-order valence-electron chi connectivity index (χ4n) is 0. The number of rotatable bonds is 0. The Morgan fingerprint density at radius 3 is 0.0543 bits per heavy atom. The van der Waals surface area contributed by atoms with Gasteiger partial charge in [0.2, 0.25) is 0 Å². The first-order valence-electron chi connectivity index (χ1n) is 45.1. The monoisotopic (exact) mass is 1370 g/mol. The van der Waals surface area contributed by atoms with E-state index in [9.17, 15) is 0 Å². The second-order valence-corrected chi connectivity index (χ2v) is 7.07. The first-order valence-corrected chi connectivity index (χ1v) is 45.1. The van der Waals surface area contributed by atoms with Gasteiger partial charge in [0.05, 0.1) is 0 Å². The van der Waals surface area contributed by atoms with E-state index in [4.69, 9.17) is 0 Å². The number of hydrogen-bond acceptors (Lipinski definition) is 0. The Morgan fingerprint density at radius 1 is 0.0543 bits per heavy atom. The molecule has 0 atom stereocenters. The van der Waals surface area contributed by atoms with Gasteiger partial charge in [-0.05, 0) is 0 Å².